The van der Waals surface area contributed by atoms with Gasteiger partial charge in [0, 0.05) is 6.42 Å². The van der Waals surface area contributed by atoms with Crippen LogP contribution in [0.4, 0.5) is 0 Å². The van der Waals surface area contributed by atoms with Gasteiger partial charge in [0.15, 0.2) is 0 Å². The molecule has 1 atom stereocenters. The number of nitrogens with two attached hydrogens (primary N) is 1. The molecule has 20 heavy (non-hydrogen) atoms. The van der Waals surface area contributed by atoms with E-state index in [0.29, 0.717) is 6.42 Å². The molecule has 4 nitrogen and oxygen atoms in total. The van der Waals surface area contributed by atoms with Gasteiger partial charge in [-0.05, 0) is 6.42 Å². The zero-order valence-corrected chi connectivity index (χ0v) is 16.9. The monoisotopic (exact) mass is 329 g/mol. The van der Waals surface area contributed by atoms with Crippen molar-refractivity contribution in [1.82, 2.24) is 0 Å². The standard InChI is InChI=1S/C14H27NO3S.K.H/c1-2-3-4-5-6-7-8-9-10-11-12(16)18-14(19)13(15)17;;/h14,19H,2-11H2,1H3,(H2,15,17);;/q;+1;-1. The summed E-state index contributed by atoms with van der Waals surface area (Å²) < 4.78 is 4.73. The van der Waals surface area contributed by atoms with Crippen LogP contribution in [0.15, 0.2) is 0 Å². The zero-order chi connectivity index (χ0) is 14.5. The van der Waals surface area contributed by atoms with Crippen LogP contribution in [-0.4, -0.2) is 17.3 Å². The summed E-state index contributed by atoms with van der Waals surface area (Å²) in [6.45, 7) is 2.21. The third-order valence-corrected chi connectivity index (χ3v) is 3.33. The Labute approximate surface area is 172 Å². The van der Waals surface area contributed by atoms with Gasteiger partial charge in [-0.25, -0.2) is 0 Å². The molecular weight excluding hydrogens is 301 g/mol. The summed E-state index contributed by atoms with van der Waals surface area (Å²) in [5.74, 6) is -1.13. The first-order valence-electron chi connectivity index (χ1n) is 7.24. The molecule has 0 heterocycles. The maximum absolute atomic E-state index is 11.3. The average Bonchev–Trinajstić information content (AvgIpc) is 2.36. The molecule has 0 aliphatic carbocycles. The Bertz CT molecular complexity index is 271. The maximum Gasteiger partial charge on any atom is 1.00 e. The number of hydrogen-bond donors (Lipinski definition) is 2. The average molecular weight is 330 g/mol. The Balaban J connectivity index is -0.00000162. The van der Waals surface area contributed by atoms with Crippen LogP contribution in [0.1, 0.15) is 72.6 Å². The summed E-state index contributed by atoms with van der Waals surface area (Å²) in [7, 11) is 0. The Morgan fingerprint density at radius 2 is 1.50 bits per heavy atom. The van der Waals surface area contributed by atoms with E-state index in [1.165, 1.54) is 38.5 Å². The van der Waals surface area contributed by atoms with E-state index in [0.717, 1.165) is 19.3 Å². The van der Waals surface area contributed by atoms with Crippen LogP contribution in [0.25, 0.3) is 0 Å². The van der Waals surface area contributed by atoms with Gasteiger partial charge in [0.25, 0.3) is 5.91 Å². The molecule has 0 aliphatic rings. The smallest absolute Gasteiger partial charge is 1.00 e. The Morgan fingerprint density at radius 3 is 1.95 bits per heavy atom. The number of thiol groups is 1. The quantitative estimate of drug-likeness (QED) is 0.178. The van der Waals surface area contributed by atoms with Gasteiger partial charge < -0.3 is 11.9 Å². The minimum atomic E-state index is -1.12. The van der Waals surface area contributed by atoms with E-state index in [2.05, 4.69) is 19.6 Å². The van der Waals surface area contributed by atoms with Crippen molar-refractivity contribution in [2.75, 3.05) is 0 Å². The molecule has 0 saturated heterocycles. The predicted molar refractivity (Wildman–Crippen MR) is 81.0 cm³/mol. The summed E-state index contributed by atoms with van der Waals surface area (Å²) in [5, 5.41) is 0. The van der Waals surface area contributed by atoms with Crippen molar-refractivity contribution in [2.24, 2.45) is 5.73 Å². The number of hydrogen-bond acceptors (Lipinski definition) is 4. The van der Waals surface area contributed by atoms with Crippen molar-refractivity contribution in [3.63, 3.8) is 0 Å². The minimum absolute atomic E-state index is 0. The van der Waals surface area contributed by atoms with E-state index in [1.807, 2.05) is 0 Å². The van der Waals surface area contributed by atoms with Gasteiger partial charge in [0.2, 0.25) is 5.44 Å². The molecule has 0 spiro atoms. The van der Waals surface area contributed by atoms with E-state index >= 15 is 0 Å². The molecule has 0 bridgehead atoms. The molecule has 0 aromatic heterocycles. The fourth-order valence-corrected chi connectivity index (χ4v) is 1.94. The number of primary amides is 1. The summed E-state index contributed by atoms with van der Waals surface area (Å²) >= 11 is 3.77. The Morgan fingerprint density at radius 1 is 1.05 bits per heavy atom. The largest absolute Gasteiger partial charge is 1.00 e. The van der Waals surface area contributed by atoms with Crippen molar-refractivity contribution >= 4 is 24.5 Å². The van der Waals surface area contributed by atoms with E-state index in [4.69, 9.17) is 10.5 Å². The molecule has 1 unspecified atom stereocenters. The van der Waals surface area contributed by atoms with Crippen LogP contribution in [0, 0.1) is 0 Å². The minimum Gasteiger partial charge on any atom is -1.00 e. The van der Waals surface area contributed by atoms with Crippen LogP contribution in [0.2, 0.25) is 0 Å². The van der Waals surface area contributed by atoms with E-state index in [9.17, 15) is 9.59 Å². The van der Waals surface area contributed by atoms with Crippen molar-refractivity contribution in [2.45, 2.75) is 76.6 Å². The first-order chi connectivity index (χ1) is 9.07. The number of carbonyl (C=O) groups is 2. The van der Waals surface area contributed by atoms with Gasteiger partial charge in [-0.3, -0.25) is 9.59 Å². The van der Waals surface area contributed by atoms with Gasteiger partial charge >= 0.3 is 57.4 Å². The van der Waals surface area contributed by atoms with E-state index < -0.39 is 17.3 Å². The molecule has 0 rings (SSSR count). The number of rotatable bonds is 12. The molecular formula is C14H28KNO3S. The van der Waals surface area contributed by atoms with E-state index in [-0.39, 0.29) is 52.8 Å². The van der Waals surface area contributed by atoms with Gasteiger partial charge in [-0.1, -0.05) is 58.3 Å². The first kappa shape index (κ1) is 23.2. The van der Waals surface area contributed by atoms with Crippen molar-refractivity contribution in [3.05, 3.63) is 0 Å². The third kappa shape index (κ3) is 15.3. The molecule has 0 radical (unpaired) electrons. The second kappa shape index (κ2) is 16.3. The molecule has 2 N–H and O–H groups in total. The van der Waals surface area contributed by atoms with Gasteiger partial charge in [0.1, 0.15) is 0 Å². The normalized spacial score (nSPS) is 11.5. The van der Waals surface area contributed by atoms with Crippen LogP contribution in [-0.2, 0) is 14.3 Å². The Kier molecular flexibility index (Phi) is 18.9. The predicted octanol–water partition coefficient (Wildman–Crippen LogP) is 0.308. The summed E-state index contributed by atoms with van der Waals surface area (Å²) in [5.41, 5.74) is 3.82. The number of carbonyl (C=O) groups excluding carboxylic acids is 2. The van der Waals surface area contributed by atoms with Crippen molar-refractivity contribution in [1.29, 1.82) is 0 Å². The molecule has 0 saturated carbocycles. The summed E-state index contributed by atoms with van der Waals surface area (Å²) in [6, 6.07) is 0. The fraction of sp³-hybridized carbons (Fsp3) is 0.857. The molecule has 0 aromatic rings. The maximum atomic E-state index is 11.3. The van der Waals surface area contributed by atoms with Gasteiger partial charge in [-0.2, -0.15) is 0 Å². The van der Waals surface area contributed by atoms with Crippen LogP contribution < -0.4 is 57.1 Å². The topological polar surface area (TPSA) is 69.4 Å². The number of esters is 1. The molecule has 0 aliphatic heterocycles. The van der Waals surface area contributed by atoms with Crippen LogP contribution in [0.5, 0.6) is 0 Å². The van der Waals surface area contributed by atoms with Crippen LogP contribution >= 0.6 is 12.6 Å². The zero-order valence-electron chi connectivity index (χ0n) is 13.9. The molecule has 114 valence electrons. The van der Waals surface area contributed by atoms with Crippen molar-refractivity contribution < 1.29 is 67.1 Å². The summed E-state index contributed by atoms with van der Waals surface area (Å²) in [6.07, 6.45) is 11.1. The van der Waals surface area contributed by atoms with Crippen LogP contribution in [0.3, 0.4) is 0 Å². The summed E-state index contributed by atoms with van der Waals surface area (Å²) in [4.78, 5) is 21.9. The van der Waals surface area contributed by atoms with Crippen molar-refractivity contribution in [3.8, 4) is 0 Å². The molecule has 1 amide bonds. The second-order valence-corrected chi connectivity index (χ2v) is 5.29. The molecule has 0 aromatic carbocycles. The molecule has 0 fully saturated rings. The van der Waals surface area contributed by atoms with Gasteiger partial charge in [0.05, 0.1) is 0 Å². The van der Waals surface area contributed by atoms with Gasteiger partial charge in [-0.15, -0.1) is 12.6 Å². The number of unbranched alkanes of at least 4 members (excludes halogenated alkanes) is 8. The number of amides is 1. The number of ether oxygens (including phenoxy) is 1. The third-order valence-electron chi connectivity index (χ3n) is 2.97. The molecule has 6 heteroatoms. The Hall–Kier alpha value is 0.926. The fourth-order valence-electron chi connectivity index (χ4n) is 1.82. The SMILES string of the molecule is CCCCCCCCCCCC(=O)OC(S)C(N)=O.[H-].[K+]. The van der Waals surface area contributed by atoms with E-state index in [1.54, 1.807) is 0 Å². The second-order valence-electron chi connectivity index (χ2n) is 4.82. The first-order valence-corrected chi connectivity index (χ1v) is 7.76.